The summed E-state index contributed by atoms with van der Waals surface area (Å²) in [6.45, 7) is 2.27. The molecule has 0 aliphatic carbocycles. The van der Waals surface area contributed by atoms with Crippen molar-refractivity contribution in [1.29, 1.82) is 0 Å². The van der Waals surface area contributed by atoms with Crippen LogP contribution in [0.5, 0.6) is 11.5 Å². The highest BCUT2D eigenvalue weighted by atomic mass is 16.7. The minimum Gasteiger partial charge on any atom is -0.491 e. The van der Waals surface area contributed by atoms with Crippen LogP contribution in [0.1, 0.15) is 17.5 Å². The van der Waals surface area contributed by atoms with Crippen molar-refractivity contribution >= 4 is 0 Å². The van der Waals surface area contributed by atoms with Gasteiger partial charge in [-0.2, -0.15) is 0 Å². The number of benzene rings is 2. The first-order valence-electron chi connectivity index (χ1n) is 8.06. The molecule has 0 N–H and O–H groups in total. The lowest BCUT2D eigenvalue weighted by atomic mass is 10.0. The highest BCUT2D eigenvalue weighted by Gasteiger charge is 2.23. The Balaban J connectivity index is 1.31. The second kappa shape index (κ2) is 6.60. The lowest BCUT2D eigenvalue weighted by Crippen LogP contribution is -2.32. The van der Waals surface area contributed by atoms with Gasteiger partial charge in [-0.25, -0.2) is 0 Å². The molecular formula is C19H20O4. The molecule has 0 radical (unpaired) electrons. The van der Waals surface area contributed by atoms with Crippen molar-refractivity contribution in [1.82, 2.24) is 0 Å². The first-order chi connectivity index (χ1) is 11.3. The van der Waals surface area contributed by atoms with E-state index in [0.29, 0.717) is 12.7 Å². The highest BCUT2D eigenvalue weighted by Crippen LogP contribution is 2.21. The first-order valence-corrected chi connectivity index (χ1v) is 8.06. The largest absolute Gasteiger partial charge is 0.491 e. The Kier molecular flexibility index (Phi) is 4.18. The minimum absolute atomic E-state index is 0.0607. The van der Waals surface area contributed by atoms with E-state index in [1.165, 1.54) is 11.1 Å². The van der Waals surface area contributed by atoms with Crippen LogP contribution in [0.25, 0.3) is 0 Å². The van der Waals surface area contributed by atoms with Gasteiger partial charge >= 0.3 is 0 Å². The predicted molar refractivity (Wildman–Crippen MR) is 85.9 cm³/mol. The summed E-state index contributed by atoms with van der Waals surface area (Å²) in [6.07, 6.45) is 2.10. The molecule has 23 heavy (non-hydrogen) atoms. The Morgan fingerprint density at radius 1 is 0.870 bits per heavy atom. The Hall–Kier alpha value is -2.04. The molecule has 0 amide bonds. The maximum Gasteiger partial charge on any atom is 0.202 e. The molecule has 2 aromatic rings. The van der Waals surface area contributed by atoms with Crippen LogP contribution in [0.2, 0.25) is 0 Å². The number of hydrogen-bond donors (Lipinski definition) is 0. The molecule has 2 heterocycles. The van der Waals surface area contributed by atoms with Crippen molar-refractivity contribution in [2.24, 2.45) is 0 Å². The fraction of sp³-hybridized carbons (Fsp3) is 0.368. The number of hydrogen-bond acceptors (Lipinski definition) is 4. The minimum atomic E-state index is -0.0607. The molecule has 4 heteroatoms. The van der Waals surface area contributed by atoms with Gasteiger partial charge in [-0.15, -0.1) is 0 Å². The van der Waals surface area contributed by atoms with Gasteiger partial charge in [0.15, 0.2) is 0 Å². The molecule has 0 saturated carbocycles. The maximum absolute atomic E-state index is 5.67. The van der Waals surface area contributed by atoms with Gasteiger partial charge in [0.1, 0.15) is 24.2 Å². The molecule has 1 unspecified atom stereocenters. The third-order valence-electron chi connectivity index (χ3n) is 4.02. The normalized spacial score (nSPS) is 22.3. The van der Waals surface area contributed by atoms with E-state index in [1.807, 2.05) is 24.3 Å². The summed E-state index contributed by atoms with van der Waals surface area (Å²) in [7, 11) is 0. The summed E-state index contributed by atoms with van der Waals surface area (Å²) in [6, 6.07) is 16.5. The quantitative estimate of drug-likeness (QED) is 0.736. The van der Waals surface area contributed by atoms with E-state index in [0.717, 1.165) is 37.6 Å². The smallest absolute Gasteiger partial charge is 0.202 e. The Labute approximate surface area is 135 Å². The van der Waals surface area contributed by atoms with E-state index < -0.39 is 0 Å². The third kappa shape index (κ3) is 4.03. The zero-order valence-electron chi connectivity index (χ0n) is 12.9. The summed E-state index contributed by atoms with van der Waals surface area (Å²) in [5.41, 5.74) is 2.52. The predicted octanol–water partition coefficient (Wildman–Crippen LogP) is 3.18. The van der Waals surface area contributed by atoms with Crippen LogP contribution in [0.15, 0.2) is 48.5 Å². The summed E-state index contributed by atoms with van der Waals surface area (Å²) in [5.74, 6) is 1.76. The van der Waals surface area contributed by atoms with E-state index in [9.17, 15) is 0 Å². The zero-order valence-corrected chi connectivity index (χ0v) is 12.9. The van der Waals surface area contributed by atoms with Crippen LogP contribution in [0, 0.1) is 0 Å². The van der Waals surface area contributed by atoms with Gasteiger partial charge in [-0.05, 0) is 41.8 Å². The monoisotopic (exact) mass is 312 g/mol. The number of rotatable bonds is 7. The van der Waals surface area contributed by atoms with E-state index in [-0.39, 0.29) is 6.29 Å². The summed E-state index contributed by atoms with van der Waals surface area (Å²) in [5, 5.41) is 0. The molecule has 4 nitrogen and oxygen atoms in total. The van der Waals surface area contributed by atoms with E-state index in [1.54, 1.807) is 0 Å². The molecule has 2 aliphatic heterocycles. The van der Waals surface area contributed by atoms with Gasteiger partial charge in [0, 0.05) is 6.42 Å². The van der Waals surface area contributed by atoms with Gasteiger partial charge in [0.25, 0.3) is 0 Å². The van der Waals surface area contributed by atoms with E-state index >= 15 is 0 Å². The lowest BCUT2D eigenvalue weighted by molar-refractivity contribution is -0.165. The fourth-order valence-electron chi connectivity index (χ4n) is 2.44. The molecular weight excluding hydrogens is 292 g/mol. The molecule has 2 aliphatic rings. The Morgan fingerprint density at radius 2 is 1.48 bits per heavy atom. The molecule has 2 atom stereocenters. The van der Waals surface area contributed by atoms with Crippen LogP contribution in [-0.4, -0.2) is 32.2 Å². The Morgan fingerprint density at radius 3 is 2.00 bits per heavy atom. The van der Waals surface area contributed by atoms with Crippen LogP contribution in [-0.2, 0) is 15.9 Å². The molecule has 0 spiro atoms. The molecule has 2 aromatic carbocycles. The van der Waals surface area contributed by atoms with Crippen molar-refractivity contribution in [2.45, 2.75) is 25.2 Å². The maximum atomic E-state index is 5.67. The summed E-state index contributed by atoms with van der Waals surface area (Å²) >= 11 is 0. The SMILES string of the molecule is c1cc(OCC2CO2)ccc1Cc1ccc(O[C@@H]2CCO2)cc1. The average Bonchev–Trinajstić information content (AvgIpc) is 3.36. The van der Waals surface area contributed by atoms with Gasteiger partial charge < -0.3 is 18.9 Å². The molecule has 0 aromatic heterocycles. The van der Waals surface area contributed by atoms with Crippen LogP contribution in [0.3, 0.4) is 0 Å². The third-order valence-corrected chi connectivity index (χ3v) is 4.02. The first kappa shape index (κ1) is 14.5. The fourth-order valence-corrected chi connectivity index (χ4v) is 2.44. The van der Waals surface area contributed by atoms with Crippen LogP contribution < -0.4 is 9.47 Å². The van der Waals surface area contributed by atoms with Crippen molar-refractivity contribution in [2.75, 3.05) is 19.8 Å². The second-order valence-corrected chi connectivity index (χ2v) is 5.94. The summed E-state index contributed by atoms with van der Waals surface area (Å²) < 4.78 is 21.7. The molecule has 0 bridgehead atoms. The van der Waals surface area contributed by atoms with E-state index in [2.05, 4.69) is 24.3 Å². The molecule has 120 valence electrons. The second-order valence-electron chi connectivity index (χ2n) is 5.94. The standard InChI is InChI=1S/C19H20O4/c1-5-16(21-12-18-13-22-18)6-2-14(1)11-15-3-7-17(8-4-15)23-19-9-10-20-19/h1-8,18-19H,9-13H2/t18?,19-/m1/s1. The number of ether oxygens (including phenoxy) is 4. The van der Waals surface area contributed by atoms with Gasteiger partial charge in [0.2, 0.25) is 6.29 Å². The van der Waals surface area contributed by atoms with Crippen LogP contribution >= 0.6 is 0 Å². The van der Waals surface area contributed by atoms with Crippen molar-refractivity contribution in [3.05, 3.63) is 59.7 Å². The van der Waals surface area contributed by atoms with Crippen molar-refractivity contribution < 1.29 is 18.9 Å². The van der Waals surface area contributed by atoms with Gasteiger partial charge in [-0.3, -0.25) is 0 Å². The van der Waals surface area contributed by atoms with Gasteiger partial charge in [-0.1, -0.05) is 24.3 Å². The lowest BCUT2D eigenvalue weighted by Gasteiger charge is -2.26. The molecule has 2 saturated heterocycles. The summed E-state index contributed by atoms with van der Waals surface area (Å²) in [4.78, 5) is 0. The Bertz CT molecular complexity index is 627. The zero-order chi connectivity index (χ0) is 15.5. The molecule has 2 fully saturated rings. The number of epoxide rings is 1. The highest BCUT2D eigenvalue weighted by molar-refractivity contribution is 5.34. The van der Waals surface area contributed by atoms with Crippen LogP contribution in [0.4, 0.5) is 0 Å². The topological polar surface area (TPSA) is 40.2 Å². The van der Waals surface area contributed by atoms with Crippen molar-refractivity contribution in [3.8, 4) is 11.5 Å². The molecule has 4 rings (SSSR count). The van der Waals surface area contributed by atoms with Crippen molar-refractivity contribution in [3.63, 3.8) is 0 Å². The van der Waals surface area contributed by atoms with Gasteiger partial charge in [0.05, 0.1) is 13.2 Å². The average molecular weight is 312 g/mol. The van der Waals surface area contributed by atoms with E-state index in [4.69, 9.17) is 18.9 Å².